The maximum absolute atomic E-state index is 10.3. The van der Waals surface area contributed by atoms with Gasteiger partial charge in [0.15, 0.2) is 0 Å². The van der Waals surface area contributed by atoms with Gasteiger partial charge in [0, 0.05) is 5.39 Å². The van der Waals surface area contributed by atoms with Crippen LogP contribution in [0, 0.1) is 11.3 Å². The average molecular weight is 351 g/mol. The number of aryl methyl sites for hydroxylation is 1. The van der Waals surface area contributed by atoms with Crippen LogP contribution in [0.1, 0.15) is 82.5 Å². The van der Waals surface area contributed by atoms with Crippen molar-refractivity contribution in [2.75, 3.05) is 0 Å². The summed E-state index contributed by atoms with van der Waals surface area (Å²) < 4.78 is 2.24. The summed E-state index contributed by atoms with van der Waals surface area (Å²) in [5.74, 6) is 0. The van der Waals surface area contributed by atoms with Gasteiger partial charge in [0.1, 0.15) is 0 Å². The van der Waals surface area contributed by atoms with Crippen LogP contribution in [-0.4, -0.2) is 20.5 Å². The highest BCUT2D eigenvalue weighted by Gasteiger charge is 2.41. The Labute approximate surface area is 155 Å². The SMILES string of the molecule is CCc1nn(C2CCCC2)c2cc([C@]3(C#N)CC[C@@](C)(O)CC3)ccc12. The van der Waals surface area contributed by atoms with E-state index in [1.165, 1.54) is 36.6 Å². The largest absolute Gasteiger partial charge is 0.390 e. The van der Waals surface area contributed by atoms with Gasteiger partial charge in [0.05, 0.1) is 34.3 Å². The molecule has 2 fully saturated rings. The number of hydrogen-bond acceptors (Lipinski definition) is 3. The van der Waals surface area contributed by atoms with E-state index >= 15 is 0 Å². The first kappa shape index (κ1) is 17.5. The lowest BCUT2D eigenvalue weighted by molar-refractivity contribution is 0.00855. The average Bonchev–Trinajstić information content (AvgIpc) is 3.29. The summed E-state index contributed by atoms with van der Waals surface area (Å²) in [5.41, 5.74) is 2.35. The van der Waals surface area contributed by atoms with Crippen molar-refractivity contribution in [2.45, 2.75) is 88.7 Å². The lowest BCUT2D eigenvalue weighted by Crippen LogP contribution is -2.38. The summed E-state index contributed by atoms with van der Waals surface area (Å²) in [7, 11) is 0. The van der Waals surface area contributed by atoms with Crippen LogP contribution in [0.5, 0.6) is 0 Å². The Hall–Kier alpha value is -1.86. The van der Waals surface area contributed by atoms with E-state index in [1.54, 1.807) is 0 Å². The Balaban J connectivity index is 1.79. The topological polar surface area (TPSA) is 61.8 Å². The zero-order chi connectivity index (χ0) is 18.4. The van der Waals surface area contributed by atoms with E-state index in [2.05, 4.69) is 35.9 Å². The smallest absolute Gasteiger partial charge is 0.0825 e. The summed E-state index contributed by atoms with van der Waals surface area (Å²) in [6, 6.07) is 9.63. The van der Waals surface area contributed by atoms with Crippen LogP contribution in [0.2, 0.25) is 0 Å². The quantitative estimate of drug-likeness (QED) is 0.864. The standard InChI is InChI=1S/C22H29N3O/c1-3-19-18-9-8-16(22(15-23)12-10-21(2,26)11-13-22)14-20(18)25(24-19)17-6-4-5-7-17/h8-9,14,17,26H,3-7,10-13H2,1-2H3/t21-,22-. The van der Waals surface area contributed by atoms with E-state index in [-0.39, 0.29) is 0 Å². The fourth-order valence-electron chi connectivity index (χ4n) is 4.87. The maximum Gasteiger partial charge on any atom is 0.0825 e. The lowest BCUT2D eigenvalue weighted by Gasteiger charge is -2.38. The minimum absolute atomic E-state index is 0.479. The lowest BCUT2D eigenvalue weighted by atomic mass is 9.66. The summed E-state index contributed by atoms with van der Waals surface area (Å²) in [4.78, 5) is 0. The number of nitriles is 1. The van der Waals surface area contributed by atoms with Gasteiger partial charge in [-0.25, -0.2) is 0 Å². The molecule has 0 bridgehead atoms. The van der Waals surface area contributed by atoms with Gasteiger partial charge in [0.25, 0.3) is 0 Å². The molecule has 0 atom stereocenters. The number of aromatic nitrogens is 2. The van der Waals surface area contributed by atoms with Gasteiger partial charge in [-0.2, -0.15) is 10.4 Å². The summed E-state index contributed by atoms with van der Waals surface area (Å²) in [5, 5.41) is 26.5. The molecular weight excluding hydrogens is 322 g/mol. The fourth-order valence-corrected chi connectivity index (χ4v) is 4.87. The van der Waals surface area contributed by atoms with Crippen LogP contribution in [0.15, 0.2) is 18.2 Å². The molecule has 2 aliphatic carbocycles. The van der Waals surface area contributed by atoms with Crippen molar-refractivity contribution in [2.24, 2.45) is 0 Å². The third kappa shape index (κ3) is 2.83. The predicted molar refractivity (Wildman–Crippen MR) is 103 cm³/mol. The van der Waals surface area contributed by atoms with E-state index in [4.69, 9.17) is 5.10 Å². The molecule has 138 valence electrons. The second-order valence-electron chi connectivity index (χ2n) is 8.61. The van der Waals surface area contributed by atoms with Crippen LogP contribution in [0.3, 0.4) is 0 Å². The summed E-state index contributed by atoms with van der Waals surface area (Å²) in [6.45, 7) is 4.05. The molecule has 0 saturated heterocycles. The molecule has 1 N–H and O–H groups in total. The number of benzene rings is 1. The molecule has 0 unspecified atom stereocenters. The molecule has 2 aliphatic rings. The molecule has 4 heteroatoms. The summed E-state index contributed by atoms with van der Waals surface area (Å²) >= 11 is 0. The van der Waals surface area contributed by atoms with Crippen molar-refractivity contribution in [3.8, 4) is 6.07 Å². The molecule has 4 rings (SSSR count). The number of aliphatic hydroxyl groups is 1. The van der Waals surface area contributed by atoms with Crippen molar-refractivity contribution in [3.63, 3.8) is 0 Å². The van der Waals surface area contributed by atoms with E-state index in [0.29, 0.717) is 18.9 Å². The molecule has 1 aromatic heterocycles. The van der Waals surface area contributed by atoms with Crippen molar-refractivity contribution in [1.82, 2.24) is 9.78 Å². The molecule has 1 aromatic carbocycles. The van der Waals surface area contributed by atoms with Crippen molar-refractivity contribution >= 4 is 10.9 Å². The molecule has 0 amide bonds. The Morgan fingerprint density at radius 2 is 1.92 bits per heavy atom. The molecule has 2 aromatic rings. The second-order valence-corrected chi connectivity index (χ2v) is 8.61. The van der Waals surface area contributed by atoms with E-state index in [9.17, 15) is 10.4 Å². The molecule has 4 nitrogen and oxygen atoms in total. The Morgan fingerprint density at radius 3 is 2.54 bits per heavy atom. The van der Waals surface area contributed by atoms with Crippen molar-refractivity contribution in [3.05, 3.63) is 29.5 Å². The van der Waals surface area contributed by atoms with Crippen molar-refractivity contribution < 1.29 is 5.11 Å². The van der Waals surface area contributed by atoms with Gasteiger partial charge in [-0.1, -0.05) is 31.9 Å². The monoisotopic (exact) mass is 351 g/mol. The molecular formula is C22H29N3O. The van der Waals surface area contributed by atoms with Gasteiger partial charge in [0.2, 0.25) is 0 Å². The third-order valence-electron chi connectivity index (χ3n) is 6.74. The number of fused-ring (bicyclic) bond motifs is 1. The van der Waals surface area contributed by atoms with Gasteiger partial charge in [-0.15, -0.1) is 0 Å². The van der Waals surface area contributed by atoms with Gasteiger partial charge >= 0.3 is 0 Å². The molecule has 1 heterocycles. The predicted octanol–water partition coefficient (Wildman–Crippen LogP) is 4.80. The van der Waals surface area contributed by atoms with Crippen LogP contribution >= 0.6 is 0 Å². The van der Waals surface area contributed by atoms with Gasteiger partial charge in [-0.05, 0) is 63.5 Å². The summed E-state index contributed by atoms with van der Waals surface area (Å²) in [6.07, 6.45) is 8.71. The van der Waals surface area contributed by atoms with Crippen LogP contribution in [0.25, 0.3) is 10.9 Å². The van der Waals surface area contributed by atoms with Crippen LogP contribution in [0.4, 0.5) is 0 Å². The van der Waals surface area contributed by atoms with E-state index in [0.717, 1.165) is 30.5 Å². The number of nitrogens with zero attached hydrogens (tertiary/aromatic N) is 3. The first-order chi connectivity index (χ1) is 12.5. The molecule has 0 aliphatic heterocycles. The van der Waals surface area contributed by atoms with Gasteiger partial charge in [-0.3, -0.25) is 4.68 Å². The van der Waals surface area contributed by atoms with Gasteiger partial charge < -0.3 is 5.11 Å². The third-order valence-corrected chi connectivity index (χ3v) is 6.74. The normalized spacial score (nSPS) is 29.9. The molecule has 2 saturated carbocycles. The minimum Gasteiger partial charge on any atom is -0.390 e. The molecule has 0 spiro atoms. The Kier molecular flexibility index (Phi) is 4.31. The first-order valence-corrected chi connectivity index (χ1v) is 10.1. The Morgan fingerprint density at radius 1 is 1.23 bits per heavy atom. The molecule has 26 heavy (non-hydrogen) atoms. The Bertz CT molecular complexity index is 842. The minimum atomic E-state index is -0.633. The highest BCUT2D eigenvalue weighted by molar-refractivity contribution is 5.83. The molecule has 0 radical (unpaired) electrons. The maximum atomic E-state index is 10.3. The van der Waals surface area contributed by atoms with E-state index in [1.807, 2.05) is 6.92 Å². The van der Waals surface area contributed by atoms with E-state index < -0.39 is 11.0 Å². The first-order valence-electron chi connectivity index (χ1n) is 10.1. The van der Waals surface area contributed by atoms with Crippen LogP contribution in [-0.2, 0) is 11.8 Å². The number of rotatable bonds is 3. The fraction of sp³-hybridized carbons (Fsp3) is 0.636. The zero-order valence-corrected chi connectivity index (χ0v) is 16.0. The second kappa shape index (κ2) is 6.39. The van der Waals surface area contributed by atoms with Crippen molar-refractivity contribution in [1.29, 1.82) is 5.26 Å². The highest BCUT2D eigenvalue weighted by atomic mass is 16.3. The zero-order valence-electron chi connectivity index (χ0n) is 16.0. The van der Waals surface area contributed by atoms with Crippen LogP contribution < -0.4 is 0 Å². The highest BCUT2D eigenvalue weighted by Crippen LogP contribution is 2.44. The number of hydrogen-bond donors (Lipinski definition) is 1.